The molecule has 34 heavy (non-hydrogen) atoms. The first-order valence-corrected chi connectivity index (χ1v) is 11.9. The number of fused-ring (bicyclic) bond motifs is 1. The molecule has 1 amide bonds. The number of pyridine rings is 1. The minimum atomic E-state index is -0.505. The molecule has 0 radical (unpaired) electrons. The van der Waals surface area contributed by atoms with Crippen LogP contribution in [0.2, 0.25) is 5.02 Å². The number of aliphatic imine (C=N–C) groups is 1. The summed E-state index contributed by atoms with van der Waals surface area (Å²) in [4.78, 5) is 36.4. The molecular formula is C25H23ClN4O3S. The molecule has 7 nitrogen and oxygen atoms in total. The first kappa shape index (κ1) is 23.8. The quantitative estimate of drug-likeness (QED) is 0.421. The number of hydrogen-bond donors (Lipinski definition) is 1. The molecule has 1 N–H and O–H groups in total. The average Bonchev–Trinajstić information content (AvgIpc) is 3.23. The van der Waals surface area contributed by atoms with Crippen molar-refractivity contribution in [2.45, 2.75) is 25.9 Å². The molecule has 0 saturated carbocycles. The number of carbonyl (C=O) groups excluding carboxylic acids is 2. The number of allylic oxidation sites excluding steroid dienone is 1. The number of amides is 1. The molecule has 4 rings (SSSR count). The maximum atomic E-state index is 13.0. The van der Waals surface area contributed by atoms with Crippen LogP contribution in [-0.4, -0.2) is 33.5 Å². The van der Waals surface area contributed by atoms with Crippen LogP contribution in [0.3, 0.4) is 0 Å². The van der Waals surface area contributed by atoms with Gasteiger partial charge in [0.15, 0.2) is 5.17 Å². The molecular weight excluding hydrogens is 472 g/mol. The van der Waals surface area contributed by atoms with Gasteiger partial charge in [-0.25, -0.2) is 9.79 Å². The van der Waals surface area contributed by atoms with Crippen molar-refractivity contribution >= 4 is 40.4 Å². The van der Waals surface area contributed by atoms with Gasteiger partial charge in [0.05, 0.1) is 23.7 Å². The van der Waals surface area contributed by atoms with Crippen molar-refractivity contribution in [3.63, 3.8) is 0 Å². The largest absolute Gasteiger partial charge is 0.458 e. The number of hydrogen-bond acceptors (Lipinski definition) is 7. The minimum absolute atomic E-state index is 0.0910. The van der Waals surface area contributed by atoms with Gasteiger partial charge in [0.1, 0.15) is 6.61 Å². The summed E-state index contributed by atoms with van der Waals surface area (Å²) in [7, 11) is 0. The molecule has 1 unspecified atom stereocenters. The minimum Gasteiger partial charge on any atom is -0.458 e. The van der Waals surface area contributed by atoms with Crippen molar-refractivity contribution in [1.82, 2.24) is 15.2 Å². The van der Waals surface area contributed by atoms with Gasteiger partial charge >= 0.3 is 5.97 Å². The van der Waals surface area contributed by atoms with E-state index in [1.165, 1.54) is 17.8 Å². The summed E-state index contributed by atoms with van der Waals surface area (Å²) in [5.41, 5.74) is 3.48. The van der Waals surface area contributed by atoms with Crippen LogP contribution in [0, 0.1) is 0 Å². The zero-order valence-corrected chi connectivity index (χ0v) is 20.1. The third kappa shape index (κ3) is 5.24. The van der Waals surface area contributed by atoms with Gasteiger partial charge in [-0.2, -0.15) is 0 Å². The molecule has 174 valence electrons. The molecule has 2 aromatic rings. The van der Waals surface area contributed by atoms with E-state index in [-0.39, 0.29) is 18.9 Å². The molecule has 2 aliphatic rings. The van der Waals surface area contributed by atoms with E-state index >= 15 is 0 Å². The van der Waals surface area contributed by atoms with Crippen molar-refractivity contribution in [3.8, 4) is 0 Å². The molecule has 1 atom stereocenters. The predicted octanol–water partition coefficient (Wildman–Crippen LogP) is 4.75. The lowest BCUT2D eigenvalue weighted by atomic mass is 9.94. The number of ether oxygens (including phenoxy) is 1. The van der Waals surface area contributed by atoms with E-state index in [9.17, 15) is 9.59 Å². The maximum absolute atomic E-state index is 13.0. The number of carbonyl (C=O) groups is 2. The Kier molecular flexibility index (Phi) is 7.49. The lowest BCUT2D eigenvalue weighted by molar-refractivity contribution is -0.138. The van der Waals surface area contributed by atoms with E-state index in [1.54, 1.807) is 31.5 Å². The Morgan fingerprint density at radius 2 is 2.09 bits per heavy atom. The number of thioether (sulfide) groups is 1. The maximum Gasteiger partial charge on any atom is 0.338 e. The number of halogens is 1. The number of nitrogens with zero attached hydrogens (tertiary/aromatic N) is 3. The van der Waals surface area contributed by atoms with Crippen LogP contribution in [0.15, 0.2) is 88.8 Å². The van der Waals surface area contributed by atoms with E-state index in [0.29, 0.717) is 28.0 Å². The van der Waals surface area contributed by atoms with Crippen LogP contribution in [0.5, 0.6) is 0 Å². The van der Waals surface area contributed by atoms with Gasteiger partial charge in [-0.1, -0.05) is 54.2 Å². The highest BCUT2D eigenvalue weighted by Gasteiger charge is 2.41. The van der Waals surface area contributed by atoms with Crippen molar-refractivity contribution < 1.29 is 14.3 Å². The number of amidine groups is 1. The lowest BCUT2D eigenvalue weighted by Crippen LogP contribution is -2.38. The fraction of sp³-hybridized carbons (Fsp3) is 0.200. The fourth-order valence-electron chi connectivity index (χ4n) is 3.73. The van der Waals surface area contributed by atoms with Crippen LogP contribution >= 0.6 is 23.4 Å². The van der Waals surface area contributed by atoms with Crippen molar-refractivity contribution in [3.05, 3.63) is 100.0 Å². The number of aromatic nitrogens is 1. The van der Waals surface area contributed by atoms with Crippen molar-refractivity contribution in [2.24, 2.45) is 4.99 Å². The first-order valence-electron chi connectivity index (χ1n) is 10.6. The second-order valence-electron chi connectivity index (χ2n) is 7.65. The lowest BCUT2D eigenvalue weighted by Gasteiger charge is -2.36. The molecule has 2 aliphatic heterocycles. The second-order valence-corrected chi connectivity index (χ2v) is 8.92. The van der Waals surface area contributed by atoms with Crippen LogP contribution < -0.4 is 5.32 Å². The molecule has 0 saturated heterocycles. The summed E-state index contributed by atoms with van der Waals surface area (Å²) in [6.07, 6.45) is 5.05. The van der Waals surface area contributed by atoms with Crippen LogP contribution in [0.1, 0.15) is 30.5 Å². The van der Waals surface area contributed by atoms with E-state index < -0.39 is 12.0 Å². The third-order valence-corrected chi connectivity index (χ3v) is 6.43. The van der Waals surface area contributed by atoms with Gasteiger partial charge in [0.2, 0.25) is 5.91 Å². The summed E-state index contributed by atoms with van der Waals surface area (Å²) in [6.45, 7) is 5.88. The van der Waals surface area contributed by atoms with Crippen molar-refractivity contribution in [1.29, 1.82) is 0 Å². The van der Waals surface area contributed by atoms with Gasteiger partial charge in [0.25, 0.3) is 0 Å². The molecule has 0 fully saturated rings. The Labute approximate surface area is 207 Å². The Bertz CT molecular complexity index is 1190. The van der Waals surface area contributed by atoms with Gasteiger partial charge in [-0.3, -0.25) is 9.78 Å². The molecule has 0 aliphatic carbocycles. The van der Waals surface area contributed by atoms with E-state index in [1.807, 2.05) is 34.6 Å². The number of benzene rings is 1. The second kappa shape index (κ2) is 10.7. The van der Waals surface area contributed by atoms with E-state index in [4.69, 9.17) is 16.3 Å². The van der Waals surface area contributed by atoms with Gasteiger partial charge in [0, 0.05) is 29.7 Å². The highest BCUT2D eigenvalue weighted by molar-refractivity contribution is 8.16. The summed E-state index contributed by atoms with van der Waals surface area (Å²) in [6, 6.07) is 10.5. The van der Waals surface area contributed by atoms with E-state index in [0.717, 1.165) is 16.8 Å². The normalized spacial score (nSPS) is 17.0. The SMILES string of the molecule is C=CCOC(=O)C1=C(C)N=C2SC=C(CC(=O)NCc3cccnc3)N2C1c1ccc(Cl)cc1. The van der Waals surface area contributed by atoms with Gasteiger partial charge in [-0.15, -0.1) is 0 Å². The Morgan fingerprint density at radius 3 is 2.79 bits per heavy atom. The highest BCUT2D eigenvalue weighted by Crippen LogP contribution is 2.44. The standard InChI is InChI=1S/C25H23ClN4O3S/c1-3-11-33-24(32)22-16(2)29-25-30(23(22)18-6-8-19(26)9-7-18)20(15-34-25)12-21(31)28-14-17-5-4-10-27-13-17/h3-10,13,15,23H,1,11-12,14H2,2H3,(H,28,31). The molecule has 9 heteroatoms. The third-order valence-electron chi connectivity index (χ3n) is 5.29. The molecule has 3 heterocycles. The molecule has 1 aromatic carbocycles. The van der Waals surface area contributed by atoms with Crippen LogP contribution in [0.25, 0.3) is 0 Å². The fourth-order valence-corrected chi connectivity index (χ4v) is 4.82. The van der Waals surface area contributed by atoms with Gasteiger partial charge < -0.3 is 15.0 Å². The number of nitrogens with one attached hydrogen (secondary N) is 1. The zero-order chi connectivity index (χ0) is 24.1. The first-order chi connectivity index (χ1) is 16.5. The Hall–Kier alpha value is -3.36. The number of esters is 1. The van der Waals surface area contributed by atoms with E-state index in [2.05, 4.69) is 21.9 Å². The zero-order valence-electron chi connectivity index (χ0n) is 18.5. The summed E-state index contributed by atoms with van der Waals surface area (Å²) in [5.74, 6) is -0.619. The molecule has 1 aromatic heterocycles. The topological polar surface area (TPSA) is 83.9 Å². The Morgan fingerprint density at radius 1 is 1.29 bits per heavy atom. The molecule has 0 spiro atoms. The summed E-state index contributed by atoms with van der Waals surface area (Å²) in [5, 5.41) is 6.12. The summed E-state index contributed by atoms with van der Waals surface area (Å²) < 4.78 is 5.38. The smallest absolute Gasteiger partial charge is 0.338 e. The van der Waals surface area contributed by atoms with Gasteiger partial charge in [-0.05, 0) is 41.7 Å². The monoisotopic (exact) mass is 494 g/mol. The molecule has 0 bridgehead atoms. The predicted molar refractivity (Wildman–Crippen MR) is 134 cm³/mol. The van der Waals surface area contributed by atoms with Crippen molar-refractivity contribution in [2.75, 3.05) is 6.61 Å². The highest BCUT2D eigenvalue weighted by atomic mass is 35.5. The van der Waals surface area contributed by atoms with Crippen LogP contribution in [-0.2, 0) is 20.9 Å². The Balaban J connectivity index is 1.60. The van der Waals surface area contributed by atoms with Crippen LogP contribution in [0.4, 0.5) is 0 Å². The average molecular weight is 495 g/mol. The number of rotatable bonds is 8. The summed E-state index contributed by atoms with van der Waals surface area (Å²) >= 11 is 7.54.